The Bertz CT molecular complexity index is 650. The molecule has 0 aliphatic carbocycles. The Morgan fingerprint density at radius 1 is 1.28 bits per heavy atom. The molecule has 6 heteroatoms. The maximum absolute atomic E-state index is 11.2. The van der Waals surface area contributed by atoms with Gasteiger partial charge < -0.3 is 5.32 Å². The molecule has 0 aliphatic heterocycles. The first kappa shape index (κ1) is 12.8. The lowest BCUT2D eigenvalue weighted by molar-refractivity contribution is 0.598. The average molecular weight is 265 g/mol. The van der Waals surface area contributed by atoms with E-state index in [2.05, 4.69) is 15.3 Å². The molecule has 0 bridgehead atoms. The van der Waals surface area contributed by atoms with E-state index in [-0.39, 0.29) is 11.8 Å². The highest BCUT2D eigenvalue weighted by molar-refractivity contribution is 7.90. The molecule has 0 saturated heterocycles. The number of anilines is 1. The van der Waals surface area contributed by atoms with Crippen molar-refractivity contribution in [2.45, 2.75) is 13.0 Å². The Hall–Kier alpha value is -1.69. The normalized spacial score (nSPS) is 13.4. The fourth-order valence-corrected chi connectivity index (χ4v) is 2.84. The first-order valence-corrected chi connectivity index (χ1v) is 7.66. The molecule has 1 heterocycles. The van der Waals surface area contributed by atoms with Crippen LogP contribution in [0.3, 0.4) is 0 Å². The lowest BCUT2D eigenvalue weighted by Gasteiger charge is -2.14. The Morgan fingerprint density at radius 2 is 2.00 bits per heavy atom. The topological polar surface area (TPSA) is 72.0 Å². The molecular formula is C12H15N3O2S. The minimum absolute atomic E-state index is 0.0747. The van der Waals surface area contributed by atoms with Crippen LogP contribution in [0, 0.1) is 0 Å². The highest BCUT2D eigenvalue weighted by Gasteiger charge is 2.12. The lowest BCUT2D eigenvalue weighted by atomic mass is 10.2. The van der Waals surface area contributed by atoms with Gasteiger partial charge >= 0.3 is 0 Å². The summed E-state index contributed by atoms with van der Waals surface area (Å²) >= 11 is 0. The molecule has 1 aromatic carbocycles. The molecule has 2 rings (SSSR count). The summed E-state index contributed by atoms with van der Waals surface area (Å²) in [6, 6.07) is 7.41. The van der Waals surface area contributed by atoms with Crippen LogP contribution in [0.15, 0.2) is 30.6 Å². The number of rotatable bonds is 4. The number of aromatic nitrogens is 2. The van der Waals surface area contributed by atoms with Crippen LogP contribution >= 0.6 is 0 Å². The molecule has 2 aromatic rings. The maximum atomic E-state index is 11.2. The Balaban J connectivity index is 2.27. The molecule has 5 nitrogen and oxygen atoms in total. The van der Waals surface area contributed by atoms with E-state index in [4.69, 9.17) is 0 Å². The standard InChI is InChI=1S/C12H15N3O2S/c1-9(7-18(2,16)17)15-12-10-5-3-4-6-11(10)13-8-14-12/h3-6,8-9H,7H2,1-2H3,(H,13,14,15). The van der Waals surface area contributed by atoms with Crippen molar-refractivity contribution in [3.8, 4) is 0 Å². The Labute approximate surface area is 106 Å². The van der Waals surface area contributed by atoms with Crippen LogP contribution in [0.5, 0.6) is 0 Å². The Kier molecular flexibility index (Phi) is 3.47. The number of sulfone groups is 1. The van der Waals surface area contributed by atoms with Gasteiger partial charge in [-0.05, 0) is 19.1 Å². The summed E-state index contributed by atoms with van der Waals surface area (Å²) in [6.45, 7) is 1.82. The largest absolute Gasteiger partial charge is 0.366 e. The van der Waals surface area contributed by atoms with Gasteiger partial charge in [-0.25, -0.2) is 18.4 Å². The van der Waals surface area contributed by atoms with Crippen molar-refractivity contribution in [3.63, 3.8) is 0 Å². The third-order valence-electron chi connectivity index (χ3n) is 2.48. The second kappa shape index (κ2) is 4.89. The van der Waals surface area contributed by atoms with Gasteiger partial charge in [-0.3, -0.25) is 0 Å². The minimum atomic E-state index is -3.00. The predicted molar refractivity (Wildman–Crippen MR) is 72.3 cm³/mol. The zero-order valence-electron chi connectivity index (χ0n) is 10.3. The fraction of sp³-hybridized carbons (Fsp3) is 0.333. The van der Waals surface area contributed by atoms with Gasteiger partial charge in [0.25, 0.3) is 0 Å². The zero-order chi connectivity index (χ0) is 13.2. The predicted octanol–water partition coefficient (Wildman–Crippen LogP) is 1.47. The van der Waals surface area contributed by atoms with Gasteiger partial charge in [0.1, 0.15) is 22.0 Å². The smallest absolute Gasteiger partial charge is 0.149 e. The van der Waals surface area contributed by atoms with Crippen molar-refractivity contribution < 1.29 is 8.42 Å². The molecule has 0 aliphatic rings. The van der Waals surface area contributed by atoms with Crippen LogP contribution in [0.2, 0.25) is 0 Å². The number of hydrogen-bond acceptors (Lipinski definition) is 5. The van der Waals surface area contributed by atoms with Crippen LogP contribution < -0.4 is 5.32 Å². The summed E-state index contributed by atoms with van der Waals surface area (Å²) in [5.74, 6) is 0.738. The number of fused-ring (bicyclic) bond motifs is 1. The van der Waals surface area contributed by atoms with E-state index in [1.165, 1.54) is 12.6 Å². The molecule has 0 radical (unpaired) electrons. The lowest BCUT2D eigenvalue weighted by Crippen LogP contribution is -2.25. The van der Waals surface area contributed by atoms with Gasteiger partial charge in [-0.2, -0.15) is 0 Å². The monoisotopic (exact) mass is 265 g/mol. The van der Waals surface area contributed by atoms with Gasteiger partial charge in [-0.1, -0.05) is 12.1 Å². The molecule has 0 amide bonds. The van der Waals surface area contributed by atoms with Crippen LogP contribution in [-0.4, -0.2) is 36.4 Å². The highest BCUT2D eigenvalue weighted by atomic mass is 32.2. The number of nitrogens with zero attached hydrogens (tertiary/aromatic N) is 2. The van der Waals surface area contributed by atoms with Gasteiger partial charge in [0.05, 0.1) is 11.3 Å². The number of hydrogen-bond donors (Lipinski definition) is 1. The fourth-order valence-electron chi connectivity index (χ4n) is 1.85. The van der Waals surface area contributed by atoms with E-state index < -0.39 is 9.84 Å². The van der Waals surface area contributed by atoms with Gasteiger partial charge in [0, 0.05) is 17.7 Å². The summed E-state index contributed by atoms with van der Waals surface area (Å²) in [5, 5.41) is 4.00. The summed E-state index contributed by atoms with van der Waals surface area (Å²) in [5.41, 5.74) is 0.835. The first-order valence-electron chi connectivity index (χ1n) is 5.60. The molecule has 1 atom stereocenters. The third-order valence-corrected chi connectivity index (χ3v) is 3.58. The van der Waals surface area contributed by atoms with Crippen molar-refractivity contribution in [2.75, 3.05) is 17.3 Å². The highest BCUT2D eigenvalue weighted by Crippen LogP contribution is 2.19. The molecule has 96 valence electrons. The molecule has 18 heavy (non-hydrogen) atoms. The summed E-state index contributed by atoms with van der Waals surface area (Å²) < 4.78 is 22.4. The van der Waals surface area contributed by atoms with Crippen LogP contribution in [0.1, 0.15) is 6.92 Å². The summed E-state index contributed by atoms with van der Waals surface area (Å²) in [4.78, 5) is 8.31. The summed E-state index contributed by atoms with van der Waals surface area (Å²) in [7, 11) is -3.00. The van der Waals surface area contributed by atoms with Gasteiger partial charge in [-0.15, -0.1) is 0 Å². The molecule has 1 aromatic heterocycles. The van der Waals surface area contributed by atoms with Crippen molar-refractivity contribution in [1.82, 2.24) is 9.97 Å². The summed E-state index contributed by atoms with van der Waals surface area (Å²) in [6.07, 6.45) is 2.70. The Morgan fingerprint density at radius 3 is 2.72 bits per heavy atom. The van der Waals surface area contributed by atoms with Crippen LogP contribution in [0.4, 0.5) is 5.82 Å². The first-order chi connectivity index (χ1) is 8.46. The molecule has 0 fully saturated rings. The average Bonchev–Trinajstić information content (AvgIpc) is 2.27. The quantitative estimate of drug-likeness (QED) is 0.906. The van der Waals surface area contributed by atoms with Crippen LogP contribution in [0.25, 0.3) is 10.9 Å². The molecule has 0 spiro atoms. The van der Waals surface area contributed by atoms with Gasteiger partial charge in [0.15, 0.2) is 0 Å². The maximum Gasteiger partial charge on any atom is 0.149 e. The van der Waals surface area contributed by atoms with E-state index in [0.717, 1.165) is 10.9 Å². The SMILES string of the molecule is CC(CS(C)(=O)=O)Nc1ncnc2ccccc12. The zero-order valence-corrected chi connectivity index (χ0v) is 11.1. The molecule has 1 N–H and O–H groups in total. The minimum Gasteiger partial charge on any atom is -0.366 e. The molecule has 1 unspecified atom stereocenters. The number of nitrogens with one attached hydrogen (secondary N) is 1. The van der Waals surface area contributed by atoms with Crippen molar-refractivity contribution in [2.24, 2.45) is 0 Å². The van der Waals surface area contributed by atoms with Crippen molar-refractivity contribution >= 4 is 26.6 Å². The van der Waals surface area contributed by atoms with Crippen molar-refractivity contribution in [3.05, 3.63) is 30.6 Å². The van der Waals surface area contributed by atoms with Crippen LogP contribution in [-0.2, 0) is 9.84 Å². The molecule has 0 saturated carbocycles. The van der Waals surface area contributed by atoms with Crippen molar-refractivity contribution in [1.29, 1.82) is 0 Å². The second-order valence-corrected chi connectivity index (χ2v) is 6.56. The van der Waals surface area contributed by atoms with E-state index in [0.29, 0.717) is 5.82 Å². The van der Waals surface area contributed by atoms with E-state index in [1.54, 1.807) is 0 Å². The van der Waals surface area contributed by atoms with E-state index in [1.807, 2.05) is 31.2 Å². The molecular weight excluding hydrogens is 250 g/mol. The number of para-hydroxylation sites is 1. The second-order valence-electron chi connectivity index (χ2n) is 4.38. The number of benzene rings is 1. The van der Waals surface area contributed by atoms with E-state index >= 15 is 0 Å². The third kappa shape index (κ3) is 3.16. The van der Waals surface area contributed by atoms with E-state index in [9.17, 15) is 8.42 Å². The van der Waals surface area contributed by atoms with Gasteiger partial charge in [0.2, 0.25) is 0 Å².